The minimum Gasteiger partial charge on any atom is -0.486 e. The van der Waals surface area contributed by atoms with Gasteiger partial charge in [-0.25, -0.2) is 0 Å². The first-order valence-electron chi connectivity index (χ1n) is 7.29. The van der Waals surface area contributed by atoms with Gasteiger partial charge >= 0.3 is 0 Å². The van der Waals surface area contributed by atoms with Crippen molar-refractivity contribution in [1.82, 2.24) is 14.8 Å². The van der Waals surface area contributed by atoms with E-state index in [2.05, 4.69) is 23.7 Å². The Balaban J connectivity index is 2.05. The van der Waals surface area contributed by atoms with Crippen LogP contribution in [0.25, 0.3) is 0 Å². The highest BCUT2D eigenvalue weighted by molar-refractivity contribution is 7.99. The molecule has 1 aromatic heterocycles. The molecule has 0 spiro atoms. The zero-order chi connectivity index (χ0) is 16.7. The van der Waals surface area contributed by atoms with Crippen LogP contribution < -0.4 is 10.5 Å². The van der Waals surface area contributed by atoms with Crippen molar-refractivity contribution in [1.29, 1.82) is 0 Å². The fourth-order valence-electron chi connectivity index (χ4n) is 1.95. The van der Waals surface area contributed by atoms with Crippen LogP contribution in [-0.2, 0) is 24.4 Å². The maximum atomic E-state index is 10.9. The molecule has 2 N–H and O–H groups in total. The lowest BCUT2D eigenvalue weighted by atomic mass is 10.2. The number of hydrogen-bond acceptors (Lipinski definition) is 5. The summed E-state index contributed by atoms with van der Waals surface area (Å²) in [6.07, 6.45) is 2.74. The van der Waals surface area contributed by atoms with Gasteiger partial charge in [0.15, 0.2) is 11.0 Å². The maximum Gasteiger partial charge on any atom is 0.227 e. The summed E-state index contributed by atoms with van der Waals surface area (Å²) in [7, 11) is 0. The highest BCUT2D eigenvalue weighted by Gasteiger charge is 2.13. The SMILES string of the molecule is C=CCn1c(COc2ccc(CC)cc2)nnc1SCC(N)=O. The Kier molecular flexibility index (Phi) is 6.22. The Morgan fingerprint density at radius 3 is 2.74 bits per heavy atom. The number of benzene rings is 1. The maximum absolute atomic E-state index is 10.9. The van der Waals surface area contributed by atoms with Crippen LogP contribution in [0.2, 0.25) is 0 Å². The molecule has 23 heavy (non-hydrogen) atoms. The molecular weight excluding hydrogens is 312 g/mol. The summed E-state index contributed by atoms with van der Waals surface area (Å²) in [6, 6.07) is 7.96. The molecule has 0 aliphatic heterocycles. The van der Waals surface area contributed by atoms with Crippen LogP contribution in [0.5, 0.6) is 5.75 Å². The first kappa shape index (κ1) is 17.1. The number of aromatic nitrogens is 3. The first-order valence-corrected chi connectivity index (χ1v) is 8.28. The zero-order valence-corrected chi connectivity index (χ0v) is 13.9. The summed E-state index contributed by atoms with van der Waals surface area (Å²) in [6.45, 7) is 6.68. The fraction of sp³-hybridized carbons (Fsp3) is 0.312. The predicted molar refractivity (Wildman–Crippen MR) is 90.3 cm³/mol. The van der Waals surface area contributed by atoms with E-state index in [1.165, 1.54) is 17.3 Å². The molecule has 0 atom stereocenters. The second kappa shape index (κ2) is 8.38. The number of rotatable bonds is 9. The van der Waals surface area contributed by atoms with E-state index in [9.17, 15) is 4.79 Å². The quantitative estimate of drug-likeness (QED) is 0.562. The minimum atomic E-state index is -0.392. The normalized spacial score (nSPS) is 10.5. The highest BCUT2D eigenvalue weighted by Crippen LogP contribution is 2.19. The molecule has 0 fully saturated rings. The zero-order valence-electron chi connectivity index (χ0n) is 13.1. The van der Waals surface area contributed by atoms with Crippen LogP contribution in [0.1, 0.15) is 18.3 Å². The van der Waals surface area contributed by atoms with Gasteiger partial charge in [0.1, 0.15) is 12.4 Å². The van der Waals surface area contributed by atoms with Crippen LogP contribution in [0.4, 0.5) is 0 Å². The van der Waals surface area contributed by atoms with Gasteiger partial charge in [0.2, 0.25) is 5.91 Å². The van der Waals surface area contributed by atoms with E-state index < -0.39 is 5.91 Å². The van der Waals surface area contributed by atoms with Gasteiger partial charge in [0.05, 0.1) is 5.75 Å². The number of nitrogens with zero attached hydrogens (tertiary/aromatic N) is 3. The molecule has 0 unspecified atom stereocenters. The third-order valence-corrected chi connectivity index (χ3v) is 4.14. The van der Waals surface area contributed by atoms with Gasteiger partial charge in [-0.2, -0.15) is 0 Å². The van der Waals surface area contributed by atoms with E-state index in [4.69, 9.17) is 10.5 Å². The fourth-order valence-corrected chi connectivity index (χ4v) is 2.66. The topological polar surface area (TPSA) is 83.0 Å². The molecule has 122 valence electrons. The third kappa shape index (κ3) is 4.85. The summed E-state index contributed by atoms with van der Waals surface area (Å²) in [5.41, 5.74) is 6.43. The van der Waals surface area contributed by atoms with Crippen LogP contribution in [0.15, 0.2) is 42.1 Å². The minimum absolute atomic E-state index is 0.161. The van der Waals surface area contributed by atoms with Gasteiger partial charge in [-0.3, -0.25) is 9.36 Å². The lowest BCUT2D eigenvalue weighted by molar-refractivity contribution is -0.115. The van der Waals surface area contributed by atoms with E-state index in [-0.39, 0.29) is 5.75 Å². The highest BCUT2D eigenvalue weighted by atomic mass is 32.2. The molecule has 0 aliphatic rings. The van der Waals surface area contributed by atoms with Crippen LogP contribution >= 0.6 is 11.8 Å². The van der Waals surface area contributed by atoms with E-state index in [1.807, 2.05) is 28.8 Å². The molecule has 0 saturated heterocycles. The summed E-state index contributed by atoms with van der Waals surface area (Å²) in [5.74, 6) is 1.23. The van der Waals surface area contributed by atoms with Crippen molar-refractivity contribution in [3.63, 3.8) is 0 Å². The first-order chi connectivity index (χ1) is 11.1. The lowest BCUT2D eigenvalue weighted by Gasteiger charge is -2.09. The van der Waals surface area contributed by atoms with Gasteiger partial charge in [0.25, 0.3) is 0 Å². The van der Waals surface area contributed by atoms with Gasteiger partial charge in [-0.05, 0) is 24.1 Å². The Labute approximate surface area is 139 Å². The van der Waals surface area contributed by atoms with Crippen molar-refractivity contribution in [2.45, 2.75) is 31.7 Å². The second-order valence-electron chi connectivity index (χ2n) is 4.84. The van der Waals surface area contributed by atoms with Crippen molar-refractivity contribution >= 4 is 17.7 Å². The molecule has 0 aliphatic carbocycles. The Hall–Kier alpha value is -2.28. The van der Waals surface area contributed by atoms with Crippen molar-refractivity contribution in [2.24, 2.45) is 5.73 Å². The summed E-state index contributed by atoms with van der Waals surface area (Å²) in [4.78, 5) is 10.9. The number of amides is 1. The number of primary amides is 1. The number of allylic oxidation sites excluding steroid dienone is 1. The largest absolute Gasteiger partial charge is 0.486 e. The second-order valence-corrected chi connectivity index (χ2v) is 5.78. The molecule has 0 radical (unpaired) electrons. The predicted octanol–water partition coefficient (Wildman–Crippen LogP) is 2.18. The van der Waals surface area contributed by atoms with Crippen LogP contribution in [-0.4, -0.2) is 26.4 Å². The Morgan fingerprint density at radius 2 is 2.13 bits per heavy atom. The van der Waals surface area contributed by atoms with Crippen molar-refractivity contribution in [2.75, 3.05) is 5.75 Å². The van der Waals surface area contributed by atoms with Crippen molar-refractivity contribution in [3.05, 3.63) is 48.3 Å². The molecule has 2 rings (SSSR count). The number of carbonyl (C=O) groups is 1. The smallest absolute Gasteiger partial charge is 0.227 e. The van der Waals surface area contributed by atoms with E-state index in [0.29, 0.717) is 24.1 Å². The molecule has 0 bridgehead atoms. The number of aryl methyl sites for hydroxylation is 1. The van der Waals surface area contributed by atoms with Gasteiger partial charge < -0.3 is 10.5 Å². The van der Waals surface area contributed by atoms with E-state index in [0.717, 1.165) is 12.2 Å². The average Bonchev–Trinajstić information content (AvgIpc) is 2.94. The molecule has 1 heterocycles. The summed E-state index contributed by atoms with van der Waals surface area (Å²) < 4.78 is 7.62. The number of ether oxygens (including phenoxy) is 1. The molecule has 2 aromatic rings. The summed E-state index contributed by atoms with van der Waals surface area (Å²) >= 11 is 1.25. The Bertz CT molecular complexity index is 667. The average molecular weight is 332 g/mol. The third-order valence-electron chi connectivity index (χ3n) is 3.15. The van der Waals surface area contributed by atoms with Crippen molar-refractivity contribution < 1.29 is 9.53 Å². The molecule has 7 heteroatoms. The molecule has 6 nitrogen and oxygen atoms in total. The molecule has 1 aromatic carbocycles. The monoisotopic (exact) mass is 332 g/mol. The standard InChI is InChI=1S/C16H20N4O2S/c1-3-9-20-15(18-19-16(20)23-11-14(17)21)10-22-13-7-5-12(4-2)6-8-13/h3,5-8H,1,4,9-11H2,2H3,(H2,17,21). The molecular formula is C16H20N4O2S. The number of thioether (sulfide) groups is 1. The lowest BCUT2D eigenvalue weighted by Crippen LogP contribution is -2.14. The number of nitrogens with two attached hydrogens (primary N) is 1. The van der Waals surface area contributed by atoms with Crippen molar-refractivity contribution in [3.8, 4) is 5.75 Å². The van der Waals surface area contributed by atoms with Crippen LogP contribution in [0, 0.1) is 0 Å². The van der Waals surface area contributed by atoms with Gasteiger partial charge in [-0.15, -0.1) is 16.8 Å². The van der Waals surface area contributed by atoms with Gasteiger partial charge in [0, 0.05) is 6.54 Å². The van der Waals surface area contributed by atoms with Gasteiger partial charge in [-0.1, -0.05) is 36.9 Å². The number of hydrogen-bond donors (Lipinski definition) is 1. The molecule has 0 saturated carbocycles. The van der Waals surface area contributed by atoms with Crippen LogP contribution in [0.3, 0.4) is 0 Å². The van der Waals surface area contributed by atoms with E-state index >= 15 is 0 Å². The number of carbonyl (C=O) groups excluding carboxylic acids is 1. The van der Waals surface area contributed by atoms with E-state index in [1.54, 1.807) is 6.08 Å². The Morgan fingerprint density at radius 1 is 1.39 bits per heavy atom. The summed E-state index contributed by atoms with van der Waals surface area (Å²) in [5, 5.41) is 8.84. The molecule has 1 amide bonds.